The van der Waals surface area contributed by atoms with Crippen LogP contribution in [0.5, 0.6) is 17.2 Å². The summed E-state index contributed by atoms with van der Waals surface area (Å²) in [6.07, 6.45) is 1.44. The van der Waals surface area contributed by atoms with E-state index in [-0.39, 0.29) is 12.1 Å². The first-order valence-corrected chi connectivity index (χ1v) is 10.3. The van der Waals surface area contributed by atoms with Gasteiger partial charge >= 0.3 is 5.97 Å². The van der Waals surface area contributed by atoms with Gasteiger partial charge in [0, 0.05) is 6.54 Å². The molecular formula is C22H21IN2O6. The van der Waals surface area contributed by atoms with Gasteiger partial charge in [-0.25, -0.2) is 4.79 Å². The topological polar surface area (TPSA) is 118 Å². The Morgan fingerprint density at radius 2 is 1.94 bits per heavy atom. The molecule has 0 unspecified atom stereocenters. The van der Waals surface area contributed by atoms with Crippen LogP contribution < -0.4 is 19.5 Å². The van der Waals surface area contributed by atoms with Crippen LogP contribution in [0.25, 0.3) is 6.08 Å². The molecule has 0 aliphatic heterocycles. The number of amides is 1. The van der Waals surface area contributed by atoms with E-state index in [0.717, 1.165) is 5.56 Å². The van der Waals surface area contributed by atoms with Gasteiger partial charge in [-0.1, -0.05) is 12.1 Å². The molecule has 0 fully saturated rings. The third kappa shape index (κ3) is 7.18. The Hall–Kier alpha value is -3.26. The molecule has 1 amide bonds. The van der Waals surface area contributed by atoms with Crippen molar-refractivity contribution in [3.05, 3.63) is 56.7 Å². The summed E-state index contributed by atoms with van der Waals surface area (Å²) in [4.78, 5) is 23.3. The van der Waals surface area contributed by atoms with Gasteiger partial charge in [-0.15, -0.1) is 0 Å². The number of nitrogens with one attached hydrogen (secondary N) is 1. The van der Waals surface area contributed by atoms with Crippen LogP contribution in [0.3, 0.4) is 0 Å². The molecule has 9 heteroatoms. The van der Waals surface area contributed by atoms with E-state index in [0.29, 0.717) is 33.0 Å². The third-order valence-electron chi connectivity index (χ3n) is 3.96. The molecule has 8 nitrogen and oxygen atoms in total. The number of nitriles is 1. The summed E-state index contributed by atoms with van der Waals surface area (Å²) >= 11 is 1.98. The third-order valence-corrected chi connectivity index (χ3v) is 4.76. The van der Waals surface area contributed by atoms with Gasteiger partial charge in [0.1, 0.15) is 17.4 Å². The molecule has 0 heterocycles. The maximum absolute atomic E-state index is 12.5. The first-order valence-electron chi connectivity index (χ1n) is 9.21. The number of benzene rings is 2. The van der Waals surface area contributed by atoms with Crippen molar-refractivity contribution < 1.29 is 28.9 Å². The van der Waals surface area contributed by atoms with Crippen LogP contribution in [-0.2, 0) is 16.1 Å². The number of nitrogens with zero attached hydrogens (tertiary/aromatic N) is 1. The number of carboxylic acid groups (broad SMARTS) is 1. The fourth-order valence-electron chi connectivity index (χ4n) is 2.54. The number of rotatable bonds is 10. The molecular weight excluding hydrogens is 515 g/mol. The van der Waals surface area contributed by atoms with Crippen molar-refractivity contribution in [3.63, 3.8) is 0 Å². The largest absolute Gasteiger partial charge is 0.497 e. The number of carbonyl (C=O) groups is 2. The number of carbonyl (C=O) groups excluding carboxylic acids is 1. The van der Waals surface area contributed by atoms with E-state index in [1.807, 2.05) is 40.8 Å². The second-order valence-electron chi connectivity index (χ2n) is 6.15. The Balaban J connectivity index is 2.20. The molecule has 0 saturated carbocycles. The Bertz CT molecular complexity index is 1010. The van der Waals surface area contributed by atoms with Gasteiger partial charge in [0.05, 0.1) is 17.3 Å². The van der Waals surface area contributed by atoms with Crippen LogP contribution in [-0.4, -0.2) is 37.3 Å². The Kier molecular flexibility index (Phi) is 9.14. The Morgan fingerprint density at radius 1 is 1.23 bits per heavy atom. The highest BCUT2D eigenvalue weighted by molar-refractivity contribution is 14.1. The molecule has 0 aromatic heterocycles. The van der Waals surface area contributed by atoms with Crippen molar-refractivity contribution in [1.29, 1.82) is 5.26 Å². The molecule has 2 aromatic rings. The number of halogens is 1. The highest BCUT2D eigenvalue weighted by Gasteiger charge is 2.15. The van der Waals surface area contributed by atoms with Crippen LogP contribution in [0.15, 0.2) is 42.0 Å². The first kappa shape index (κ1) is 24.0. The van der Waals surface area contributed by atoms with E-state index in [1.54, 1.807) is 38.3 Å². The van der Waals surface area contributed by atoms with Crippen LogP contribution >= 0.6 is 22.6 Å². The number of hydrogen-bond acceptors (Lipinski definition) is 6. The highest BCUT2D eigenvalue weighted by atomic mass is 127. The van der Waals surface area contributed by atoms with Gasteiger partial charge < -0.3 is 24.6 Å². The predicted octanol–water partition coefficient (Wildman–Crippen LogP) is 3.39. The van der Waals surface area contributed by atoms with Crippen LogP contribution in [0.4, 0.5) is 0 Å². The van der Waals surface area contributed by atoms with E-state index in [1.165, 1.54) is 6.08 Å². The summed E-state index contributed by atoms with van der Waals surface area (Å²) in [5.41, 5.74) is 1.33. The van der Waals surface area contributed by atoms with E-state index in [4.69, 9.17) is 19.3 Å². The lowest BCUT2D eigenvalue weighted by Crippen LogP contribution is -2.23. The number of ether oxygens (including phenoxy) is 3. The lowest BCUT2D eigenvalue weighted by molar-refractivity contribution is -0.139. The van der Waals surface area contributed by atoms with Gasteiger partial charge in [0.25, 0.3) is 5.91 Å². The predicted molar refractivity (Wildman–Crippen MR) is 122 cm³/mol. The molecule has 2 N–H and O–H groups in total. The number of methoxy groups -OCH3 is 1. The molecule has 31 heavy (non-hydrogen) atoms. The van der Waals surface area contributed by atoms with Crippen molar-refractivity contribution in [2.45, 2.75) is 13.5 Å². The normalized spacial score (nSPS) is 10.7. The summed E-state index contributed by atoms with van der Waals surface area (Å²) in [5.74, 6) is -0.287. The average molecular weight is 536 g/mol. The van der Waals surface area contributed by atoms with Crippen molar-refractivity contribution in [2.24, 2.45) is 0 Å². The number of carboxylic acids is 1. The zero-order valence-electron chi connectivity index (χ0n) is 17.0. The lowest BCUT2D eigenvalue weighted by atomic mass is 10.1. The molecule has 0 spiro atoms. The summed E-state index contributed by atoms with van der Waals surface area (Å²) in [6, 6.07) is 12.4. The fourth-order valence-corrected chi connectivity index (χ4v) is 3.33. The molecule has 0 radical (unpaired) electrons. The molecule has 0 bridgehead atoms. The molecule has 2 rings (SSSR count). The van der Waals surface area contributed by atoms with Gasteiger partial charge in [-0.3, -0.25) is 4.79 Å². The second-order valence-corrected chi connectivity index (χ2v) is 7.31. The van der Waals surface area contributed by atoms with E-state index in [2.05, 4.69) is 5.32 Å². The zero-order valence-corrected chi connectivity index (χ0v) is 19.1. The summed E-state index contributed by atoms with van der Waals surface area (Å²) in [7, 11) is 1.57. The molecule has 0 aliphatic rings. The molecule has 2 aromatic carbocycles. The number of hydrogen-bond donors (Lipinski definition) is 2. The first-order chi connectivity index (χ1) is 14.9. The minimum atomic E-state index is -1.11. The summed E-state index contributed by atoms with van der Waals surface area (Å²) < 4.78 is 16.5. The zero-order chi connectivity index (χ0) is 22.8. The van der Waals surface area contributed by atoms with E-state index >= 15 is 0 Å². The SMILES string of the molecule is CCOc1cc(/C=C(/C#N)C(=O)NCc2ccc(OC)cc2)cc(I)c1OCC(=O)O. The van der Waals surface area contributed by atoms with Gasteiger partial charge in [-0.05, 0) is 71.0 Å². The fraction of sp³-hybridized carbons (Fsp3) is 0.227. The lowest BCUT2D eigenvalue weighted by Gasteiger charge is -2.13. The minimum absolute atomic E-state index is 0.0778. The van der Waals surface area contributed by atoms with Crippen molar-refractivity contribution in [1.82, 2.24) is 5.32 Å². The second kappa shape index (κ2) is 11.8. The van der Waals surface area contributed by atoms with Crippen LogP contribution in [0.2, 0.25) is 0 Å². The maximum atomic E-state index is 12.5. The van der Waals surface area contributed by atoms with E-state index < -0.39 is 18.5 Å². The average Bonchev–Trinajstić information content (AvgIpc) is 2.75. The highest BCUT2D eigenvalue weighted by Crippen LogP contribution is 2.35. The van der Waals surface area contributed by atoms with Crippen molar-refractivity contribution in [3.8, 4) is 23.3 Å². The quantitative estimate of drug-likeness (QED) is 0.272. The van der Waals surface area contributed by atoms with Crippen molar-refractivity contribution >= 4 is 40.5 Å². The van der Waals surface area contributed by atoms with Gasteiger partial charge in [-0.2, -0.15) is 5.26 Å². The molecule has 0 aliphatic carbocycles. The van der Waals surface area contributed by atoms with Crippen LogP contribution in [0, 0.1) is 14.9 Å². The van der Waals surface area contributed by atoms with Gasteiger partial charge in [0.15, 0.2) is 18.1 Å². The number of aliphatic carboxylic acids is 1. The summed E-state index contributed by atoms with van der Waals surface area (Å²) in [5, 5.41) is 21.0. The van der Waals surface area contributed by atoms with E-state index in [9.17, 15) is 14.9 Å². The summed E-state index contributed by atoms with van der Waals surface area (Å²) in [6.45, 7) is 1.86. The molecule has 0 atom stereocenters. The Labute approximate surface area is 193 Å². The molecule has 162 valence electrons. The van der Waals surface area contributed by atoms with Crippen molar-refractivity contribution in [2.75, 3.05) is 20.3 Å². The standard InChI is InChI=1S/C22H21IN2O6/c1-3-30-19-10-15(9-18(23)21(19)31-13-20(26)27)8-16(11-24)22(28)25-12-14-4-6-17(29-2)7-5-14/h4-10H,3,12-13H2,1-2H3,(H,25,28)(H,26,27)/b16-8-. The van der Waals surface area contributed by atoms with Gasteiger partial charge in [0.2, 0.25) is 0 Å². The molecule has 0 saturated heterocycles. The maximum Gasteiger partial charge on any atom is 0.341 e. The van der Waals surface area contributed by atoms with Crippen LogP contribution in [0.1, 0.15) is 18.1 Å². The Morgan fingerprint density at radius 3 is 2.52 bits per heavy atom. The monoisotopic (exact) mass is 536 g/mol. The smallest absolute Gasteiger partial charge is 0.341 e. The minimum Gasteiger partial charge on any atom is -0.497 e.